The van der Waals surface area contributed by atoms with Crippen LogP contribution in [0.2, 0.25) is 16.6 Å². The zero-order chi connectivity index (χ0) is 28.0. The number of hydrogen-bond acceptors (Lipinski definition) is 6. The molecule has 0 aliphatic heterocycles. The summed E-state index contributed by atoms with van der Waals surface area (Å²) in [5.74, 6) is 0.671. The standard InChI is InChI=1S/C30H52O6Si/c1-22(2)37(23(3)4,24(5)6)36-30(26(8)17-31)16-11-25(7)28(20-35-21-32-9)19-34-18-27-12-14-29(33-10)15-13-27/h12-15,17,22-24,26,30H,11,16,18-21H2,1-10H3/b28-25-/t26-,30+/m1/s1. The Morgan fingerprint density at radius 1 is 0.892 bits per heavy atom. The first-order valence-corrected chi connectivity index (χ1v) is 15.7. The highest BCUT2D eigenvalue weighted by Crippen LogP contribution is 2.44. The van der Waals surface area contributed by atoms with Crippen LogP contribution < -0.4 is 4.74 Å². The number of hydrogen-bond donors (Lipinski definition) is 0. The van der Waals surface area contributed by atoms with Gasteiger partial charge in [-0.05, 0) is 59.7 Å². The van der Waals surface area contributed by atoms with E-state index >= 15 is 0 Å². The van der Waals surface area contributed by atoms with Gasteiger partial charge in [0.15, 0.2) is 0 Å². The highest BCUT2D eigenvalue weighted by Gasteiger charge is 2.47. The Morgan fingerprint density at radius 2 is 1.46 bits per heavy atom. The van der Waals surface area contributed by atoms with Crippen LogP contribution in [0.5, 0.6) is 5.75 Å². The van der Waals surface area contributed by atoms with Crippen molar-refractivity contribution < 1.29 is 28.2 Å². The van der Waals surface area contributed by atoms with E-state index in [9.17, 15) is 4.79 Å². The van der Waals surface area contributed by atoms with Gasteiger partial charge in [0.05, 0.1) is 33.0 Å². The largest absolute Gasteiger partial charge is 0.497 e. The predicted octanol–water partition coefficient (Wildman–Crippen LogP) is 7.32. The van der Waals surface area contributed by atoms with Crippen LogP contribution >= 0.6 is 0 Å². The summed E-state index contributed by atoms with van der Waals surface area (Å²) in [5, 5.41) is 0. The molecule has 0 radical (unpaired) electrons. The van der Waals surface area contributed by atoms with Crippen molar-refractivity contribution in [3.63, 3.8) is 0 Å². The maximum atomic E-state index is 11.9. The van der Waals surface area contributed by atoms with Crippen molar-refractivity contribution >= 4 is 14.6 Å². The molecule has 1 aromatic rings. The molecule has 0 fully saturated rings. The zero-order valence-electron chi connectivity index (χ0n) is 25.0. The fraction of sp³-hybridized carbons (Fsp3) is 0.700. The Bertz CT molecular complexity index is 781. The second-order valence-corrected chi connectivity index (χ2v) is 16.4. The summed E-state index contributed by atoms with van der Waals surface area (Å²) in [7, 11) is 1.17. The molecular formula is C30H52O6Si. The summed E-state index contributed by atoms with van der Waals surface area (Å²) in [6, 6.07) is 7.89. The summed E-state index contributed by atoms with van der Waals surface area (Å²) >= 11 is 0. The van der Waals surface area contributed by atoms with E-state index in [0.29, 0.717) is 36.4 Å². The Hall–Kier alpha value is -1.51. The second kappa shape index (κ2) is 17.1. The number of methoxy groups -OCH3 is 2. The highest BCUT2D eigenvalue weighted by molar-refractivity contribution is 6.77. The number of carbonyl (C=O) groups is 1. The van der Waals surface area contributed by atoms with Crippen molar-refractivity contribution in [3.05, 3.63) is 41.0 Å². The molecule has 0 aromatic heterocycles. The van der Waals surface area contributed by atoms with Crippen molar-refractivity contribution in [2.24, 2.45) is 5.92 Å². The molecule has 7 heteroatoms. The maximum absolute atomic E-state index is 11.9. The lowest BCUT2D eigenvalue weighted by Crippen LogP contribution is -2.51. The topological polar surface area (TPSA) is 63.2 Å². The first-order chi connectivity index (χ1) is 17.5. The summed E-state index contributed by atoms with van der Waals surface area (Å²) in [6.45, 7) is 19.5. The lowest BCUT2D eigenvalue weighted by Gasteiger charge is -2.45. The molecule has 212 valence electrons. The predicted molar refractivity (Wildman–Crippen MR) is 154 cm³/mol. The molecule has 0 amide bonds. The fourth-order valence-corrected chi connectivity index (χ4v) is 10.9. The van der Waals surface area contributed by atoms with E-state index in [1.54, 1.807) is 14.2 Å². The highest BCUT2D eigenvalue weighted by atomic mass is 28.4. The third kappa shape index (κ3) is 10.3. The van der Waals surface area contributed by atoms with Crippen LogP contribution in [0.25, 0.3) is 0 Å². The summed E-state index contributed by atoms with van der Waals surface area (Å²) in [6.07, 6.45) is 2.55. The van der Waals surface area contributed by atoms with E-state index in [0.717, 1.165) is 36.0 Å². The van der Waals surface area contributed by atoms with Crippen molar-refractivity contribution in [2.45, 2.75) is 97.6 Å². The smallest absolute Gasteiger partial charge is 0.200 e. The molecule has 0 unspecified atom stereocenters. The monoisotopic (exact) mass is 536 g/mol. The van der Waals surface area contributed by atoms with E-state index in [2.05, 4.69) is 48.5 Å². The normalized spacial score (nSPS) is 14.7. The quantitative estimate of drug-likeness (QED) is 0.0607. The van der Waals surface area contributed by atoms with Gasteiger partial charge >= 0.3 is 0 Å². The molecule has 0 aliphatic rings. The molecule has 1 aromatic carbocycles. The molecule has 0 saturated carbocycles. The first-order valence-electron chi connectivity index (χ1n) is 13.6. The third-order valence-corrected chi connectivity index (χ3v) is 13.6. The van der Waals surface area contributed by atoms with E-state index in [-0.39, 0.29) is 18.8 Å². The van der Waals surface area contributed by atoms with Crippen LogP contribution in [0, 0.1) is 5.92 Å². The number of rotatable bonds is 19. The van der Waals surface area contributed by atoms with Crippen molar-refractivity contribution in [1.29, 1.82) is 0 Å². The maximum Gasteiger partial charge on any atom is 0.200 e. The average molecular weight is 537 g/mol. The van der Waals surface area contributed by atoms with Gasteiger partial charge in [0.1, 0.15) is 18.8 Å². The van der Waals surface area contributed by atoms with Crippen LogP contribution in [-0.4, -0.2) is 54.9 Å². The molecular weight excluding hydrogens is 484 g/mol. The van der Waals surface area contributed by atoms with Gasteiger partial charge in [-0.2, -0.15) is 0 Å². The third-order valence-electron chi connectivity index (χ3n) is 7.45. The molecule has 0 N–H and O–H groups in total. The lowest BCUT2D eigenvalue weighted by atomic mass is 9.97. The Labute approximate surface area is 227 Å². The van der Waals surface area contributed by atoms with Gasteiger partial charge in [-0.3, -0.25) is 0 Å². The Balaban J connectivity index is 3.01. The molecule has 2 atom stereocenters. The van der Waals surface area contributed by atoms with Gasteiger partial charge in [0, 0.05) is 13.0 Å². The summed E-state index contributed by atoms with van der Waals surface area (Å²) in [5.41, 5.74) is 4.80. The zero-order valence-corrected chi connectivity index (χ0v) is 26.0. The minimum atomic E-state index is -2.11. The molecule has 0 saturated heterocycles. The van der Waals surface area contributed by atoms with Crippen LogP contribution in [0.1, 0.15) is 73.8 Å². The first kappa shape index (κ1) is 33.5. The second-order valence-electron chi connectivity index (χ2n) is 11.0. The Kier molecular flexibility index (Phi) is 15.5. The van der Waals surface area contributed by atoms with Crippen LogP contribution in [0.3, 0.4) is 0 Å². The van der Waals surface area contributed by atoms with Crippen molar-refractivity contribution in [2.75, 3.05) is 34.2 Å². The van der Waals surface area contributed by atoms with Gasteiger partial charge in [-0.1, -0.05) is 66.2 Å². The van der Waals surface area contributed by atoms with E-state index in [1.807, 2.05) is 31.2 Å². The summed E-state index contributed by atoms with van der Waals surface area (Å²) in [4.78, 5) is 11.9. The van der Waals surface area contributed by atoms with Gasteiger partial charge < -0.3 is 28.2 Å². The van der Waals surface area contributed by atoms with Crippen molar-refractivity contribution in [3.8, 4) is 5.75 Å². The summed E-state index contributed by atoms with van der Waals surface area (Å²) < 4.78 is 29.1. The molecule has 0 spiro atoms. The number of benzene rings is 1. The van der Waals surface area contributed by atoms with Gasteiger partial charge in [0.25, 0.3) is 0 Å². The number of ether oxygens (including phenoxy) is 4. The molecule has 1 rings (SSSR count). The molecule has 0 aliphatic carbocycles. The minimum Gasteiger partial charge on any atom is -0.497 e. The van der Waals surface area contributed by atoms with Gasteiger partial charge in [-0.25, -0.2) is 0 Å². The van der Waals surface area contributed by atoms with Gasteiger partial charge in [-0.15, -0.1) is 0 Å². The molecule has 37 heavy (non-hydrogen) atoms. The van der Waals surface area contributed by atoms with Crippen LogP contribution in [0.15, 0.2) is 35.4 Å². The number of carbonyl (C=O) groups excluding carboxylic acids is 1. The molecule has 6 nitrogen and oxygen atoms in total. The Morgan fingerprint density at radius 3 is 1.95 bits per heavy atom. The fourth-order valence-electron chi connectivity index (χ4n) is 5.27. The molecule has 0 bridgehead atoms. The average Bonchev–Trinajstić information content (AvgIpc) is 2.87. The number of aldehydes is 1. The SMILES string of the molecule is COCOC/C(COCc1ccc(OC)cc1)=C(/C)CC[C@H](O[Si](C(C)C)(C(C)C)C(C)C)[C@H](C)C=O. The van der Waals surface area contributed by atoms with Crippen molar-refractivity contribution in [1.82, 2.24) is 0 Å². The minimum absolute atomic E-state index is 0.104. The van der Waals surface area contributed by atoms with E-state index in [4.69, 9.17) is 23.4 Å². The number of allylic oxidation sites excluding steroid dienone is 1. The lowest BCUT2D eigenvalue weighted by molar-refractivity contribution is -0.113. The van der Waals surface area contributed by atoms with Gasteiger partial charge in [0.2, 0.25) is 8.32 Å². The molecule has 0 heterocycles. The van der Waals surface area contributed by atoms with Crippen LogP contribution in [-0.2, 0) is 30.0 Å². The van der Waals surface area contributed by atoms with Crippen LogP contribution in [0.4, 0.5) is 0 Å². The van der Waals surface area contributed by atoms with E-state index in [1.165, 1.54) is 5.57 Å². The van der Waals surface area contributed by atoms with E-state index < -0.39 is 8.32 Å².